The predicted molar refractivity (Wildman–Crippen MR) is 72.4 cm³/mol. The van der Waals surface area contributed by atoms with Crippen molar-refractivity contribution in [1.82, 2.24) is 20.3 Å². The van der Waals surface area contributed by atoms with Crippen molar-refractivity contribution in [3.63, 3.8) is 0 Å². The molecular weight excluding hydrogens is 260 g/mol. The van der Waals surface area contributed by atoms with Gasteiger partial charge in [0, 0.05) is 5.54 Å². The number of carbonyl (C=O) groups excluding carboxylic acids is 1. The average molecular weight is 276 g/mol. The number of nitrogens with one attached hydrogen (secondary N) is 1. The van der Waals surface area contributed by atoms with Crippen LogP contribution in [0.2, 0.25) is 0 Å². The summed E-state index contributed by atoms with van der Waals surface area (Å²) in [6, 6.07) is 4.49. The van der Waals surface area contributed by atoms with Crippen LogP contribution in [0.25, 0.3) is 11.0 Å². The largest absolute Gasteiger partial charge is 0.478 e. The zero-order valence-corrected chi connectivity index (χ0v) is 11.5. The van der Waals surface area contributed by atoms with Crippen molar-refractivity contribution < 1.29 is 14.7 Å². The number of amides is 1. The predicted octanol–water partition coefficient (Wildman–Crippen LogP) is 1.04. The molecule has 1 amide bonds. The molecule has 1 aromatic heterocycles. The number of carboxylic acid groups (broad SMARTS) is 1. The molecule has 7 heteroatoms. The van der Waals surface area contributed by atoms with Crippen LogP contribution in [-0.2, 0) is 11.3 Å². The first-order chi connectivity index (χ1) is 9.26. The van der Waals surface area contributed by atoms with Gasteiger partial charge in [-0.25, -0.2) is 9.48 Å². The van der Waals surface area contributed by atoms with Crippen LogP contribution in [0.1, 0.15) is 31.1 Å². The summed E-state index contributed by atoms with van der Waals surface area (Å²) in [5.41, 5.74) is 0.879. The molecule has 2 N–H and O–H groups in total. The number of carbonyl (C=O) groups is 2. The van der Waals surface area contributed by atoms with Gasteiger partial charge in [-0.2, -0.15) is 0 Å². The first-order valence-corrected chi connectivity index (χ1v) is 6.14. The number of fused-ring (bicyclic) bond motifs is 1. The highest BCUT2D eigenvalue weighted by molar-refractivity contribution is 5.92. The summed E-state index contributed by atoms with van der Waals surface area (Å²) in [6.07, 6.45) is 0. The smallest absolute Gasteiger partial charge is 0.335 e. The SMILES string of the molecule is CC(C)(C)NC(=O)Cn1nnc2ccc(C(=O)O)cc21. The molecule has 1 aromatic carbocycles. The quantitative estimate of drug-likeness (QED) is 0.873. The molecule has 0 radical (unpaired) electrons. The number of hydrogen-bond acceptors (Lipinski definition) is 4. The third-order valence-corrected chi connectivity index (χ3v) is 2.57. The molecular formula is C13H16N4O3. The van der Waals surface area contributed by atoms with Crippen molar-refractivity contribution in [2.24, 2.45) is 0 Å². The molecule has 0 aliphatic carbocycles. The molecule has 0 unspecified atom stereocenters. The summed E-state index contributed by atoms with van der Waals surface area (Å²) in [6.45, 7) is 5.64. The fourth-order valence-corrected chi connectivity index (χ4v) is 1.81. The molecule has 0 atom stereocenters. The van der Waals surface area contributed by atoms with Crippen molar-refractivity contribution in [2.45, 2.75) is 32.9 Å². The Balaban J connectivity index is 2.28. The van der Waals surface area contributed by atoms with E-state index in [0.717, 1.165) is 0 Å². The Morgan fingerprint density at radius 2 is 2.05 bits per heavy atom. The topological polar surface area (TPSA) is 97.1 Å². The van der Waals surface area contributed by atoms with Gasteiger partial charge in [-0.05, 0) is 39.0 Å². The fraction of sp³-hybridized carbons (Fsp3) is 0.385. The van der Waals surface area contributed by atoms with E-state index in [1.807, 2.05) is 20.8 Å². The summed E-state index contributed by atoms with van der Waals surface area (Å²) < 4.78 is 1.39. The van der Waals surface area contributed by atoms with Gasteiger partial charge in [-0.15, -0.1) is 5.10 Å². The summed E-state index contributed by atoms with van der Waals surface area (Å²) in [5.74, 6) is -1.23. The van der Waals surface area contributed by atoms with Crippen molar-refractivity contribution in [2.75, 3.05) is 0 Å². The minimum absolute atomic E-state index is 0.00313. The first kappa shape index (κ1) is 14.0. The summed E-state index contributed by atoms with van der Waals surface area (Å²) in [7, 11) is 0. The Morgan fingerprint density at radius 3 is 2.65 bits per heavy atom. The molecule has 0 aliphatic rings. The molecule has 2 aromatic rings. The van der Waals surface area contributed by atoms with Crippen LogP contribution in [0.4, 0.5) is 0 Å². The van der Waals surface area contributed by atoms with Gasteiger partial charge in [-0.1, -0.05) is 5.21 Å². The van der Waals surface area contributed by atoms with E-state index >= 15 is 0 Å². The van der Waals surface area contributed by atoms with E-state index in [-0.39, 0.29) is 23.6 Å². The first-order valence-electron chi connectivity index (χ1n) is 6.14. The Bertz CT molecular complexity index is 670. The van der Waals surface area contributed by atoms with Crippen LogP contribution in [0.5, 0.6) is 0 Å². The lowest BCUT2D eigenvalue weighted by Crippen LogP contribution is -2.42. The van der Waals surface area contributed by atoms with Gasteiger partial charge in [0.1, 0.15) is 12.1 Å². The molecule has 0 fully saturated rings. The average Bonchev–Trinajstić information content (AvgIpc) is 2.69. The van der Waals surface area contributed by atoms with Crippen LogP contribution >= 0.6 is 0 Å². The normalized spacial score (nSPS) is 11.6. The van der Waals surface area contributed by atoms with Crippen LogP contribution in [0, 0.1) is 0 Å². The standard InChI is InChI=1S/C13H16N4O3/c1-13(2,3)14-11(18)7-17-10-6-8(12(19)20)4-5-9(10)15-16-17/h4-6H,7H2,1-3H3,(H,14,18)(H,19,20). The Labute approximate surface area is 115 Å². The van der Waals surface area contributed by atoms with Gasteiger partial charge in [-0.3, -0.25) is 4.79 Å². The second kappa shape index (κ2) is 4.92. The molecule has 0 aliphatic heterocycles. The molecule has 106 valence electrons. The van der Waals surface area contributed by atoms with Gasteiger partial charge >= 0.3 is 5.97 Å². The zero-order chi connectivity index (χ0) is 14.9. The molecule has 7 nitrogen and oxygen atoms in total. The van der Waals surface area contributed by atoms with Crippen molar-refractivity contribution >= 4 is 22.9 Å². The molecule has 1 heterocycles. The zero-order valence-electron chi connectivity index (χ0n) is 11.5. The third-order valence-electron chi connectivity index (χ3n) is 2.57. The summed E-state index contributed by atoms with van der Waals surface area (Å²) in [4.78, 5) is 22.8. The highest BCUT2D eigenvalue weighted by Crippen LogP contribution is 2.13. The maximum Gasteiger partial charge on any atom is 0.335 e. The summed E-state index contributed by atoms with van der Waals surface area (Å²) in [5, 5.41) is 19.6. The minimum Gasteiger partial charge on any atom is -0.478 e. The van der Waals surface area contributed by atoms with Gasteiger partial charge in [0.25, 0.3) is 0 Å². The maximum absolute atomic E-state index is 11.9. The van der Waals surface area contributed by atoms with E-state index in [1.54, 1.807) is 6.07 Å². The van der Waals surface area contributed by atoms with Crippen LogP contribution in [-0.4, -0.2) is 37.5 Å². The number of rotatable bonds is 3. The molecule has 0 saturated carbocycles. The fourth-order valence-electron chi connectivity index (χ4n) is 1.81. The lowest BCUT2D eigenvalue weighted by molar-refractivity contribution is -0.123. The summed E-state index contributed by atoms with van der Waals surface area (Å²) >= 11 is 0. The van der Waals surface area contributed by atoms with Crippen LogP contribution in [0.15, 0.2) is 18.2 Å². The number of aromatic nitrogens is 3. The van der Waals surface area contributed by atoms with E-state index in [4.69, 9.17) is 5.11 Å². The van der Waals surface area contributed by atoms with Gasteiger partial charge < -0.3 is 10.4 Å². The minimum atomic E-state index is -1.03. The highest BCUT2D eigenvalue weighted by atomic mass is 16.4. The number of carboxylic acids is 1. The van der Waals surface area contributed by atoms with E-state index in [9.17, 15) is 9.59 Å². The van der Waals surface area contributed by atoms with Crippen LogP contribution < -0.4 is 5.32 Å². The molecule has 2 rings (SSSR count). The molecule has 0 bridgehead atoms. The van der Waals surface area contributed by atoms with Crippen LogP contribution in [0.3, 0.4) is 0 Å². The molecule has 0 spiro atoms. The number of benzene rings is 1. The third kappa shape index (κ3) is 3.11. The second-order valence-corrected chi connectivity index (χ2v) is 5.55. The Morgan fingerprint density at radius 1 is 1.35 bits per heavy atom. The lowest BCUT2D eigenvalue weighted by atomic mass is 10.1. The maximum atomic E-state index is 11.9. The number of aromatic carboxylic acids is 1. The van der Waals surface area contributed by atoms with Crippen molar-refractivity contribution in [1.29, 1.82) is 0 Å². The molecule has 0 saturated heterocycles. The number of hydrogen-bond donors (Lipinski definition) is 2. The van der Waals surface area contributed by atoms with Crippen molar-refractivity contribution in [3.05, 3.63) is 23.8 Å². The van der Waals surface area contributed by atoms with E-state index in [1.165, 1.54) is 16.8 Å². The van der Waals surface area contributed by atoms with E-state index in [0.29, 0.717) is 11.0 Å². The Hall–Kier alpha value is -2.44. The van der Waals surface area contributed by atoms with Gasteiger partial charge in [0.2, 0.25) is 5.91 Å². The van der Waals surface area contributed by atoms with Gasteiger partial charge in [0.05, 0.1) is 11.1 Å². The second-order valence-electron chi connectivity index (χ2n) is 5.55. The van der Waals surface area contributed by atoms with E-state index < -0.39 is 5.97 Å². The monoisotopic (exact) mass is 276 g/mol. The Kier molecular flexibility index (Phi) is 3.44. The lowest BCUT2D eigenvalue weighted by Gasteiger charge is -2.20. The van der Waals surface area contributed by atoms with Gasteiger partial charge in [0.15, 0.2) is 0 Å². The molecule has 20 heavy (non-hydrogen) atoms. The number of nitrogens with zero attached hydrogens (tertiary/aromatic N) is 3. The highest BCUT2D eigenvalue weighted by Gasteiger charge is 2.16. The van der Waals surface area contributed by atoms with E-state index in [2.05, 4.69) is 15.6 Å². The van der Waals surface area contributed by atoms with Crippen molar-refractivity contribution in [3.8, 4) is 0 Å².